The highest BCUT2D eigenvalue weighted by molar-refractivity contribution is 5.98. The second-order valence-corrected chi connectivity index (χ2v) is 6.72. The lowest BCUT2D eigenvalue weighted by molar-refractivity contribution is -0.115. The van der Waals surface area contributed by atoms with E-state index in [1.807, 2.05) is 0 Å². The molecule has 2 aromatic heterocycles. The van der Waals surface area contributed by atoms with E-state index in [1.165, 1.54) is 14.2 Å². The predicted molar refractivity (Wildman–Crippen MR) is 110 cm³/mol. The number of aromatic amines is 1. The van der Waals surface area contributed by atoms with Crippen LogP contribution in [0, 0.1) is 13.8 Å². The summed E-state index contributed by atoms with van der Waals surface area (Å²) in [6, 6.07) is 6.97. The summed E-state index contributed by atoms with van der Waals surface area (Å²) in [4.78, 5) is 43.4. The van der Waals surface area contributed by atoms with E-state index in [0.29, 0.717) is 22.7 Å². The molecule has 32 heavy (non-hydrogen) atoms. The van der Waals surface area contributed by atoms with Gasteiger partial charge in [0, 0.05) is 5.69 Å². The van der Waals surface area contributed by atoms with Crippen LogP contribution in [0.1, 0.15) is 43.8 Å². The van der Waals surface area contributed by atoms with Gasteiger partial charge in [0.05, 0.1) is 31.9 Å². The second kappa shape index (κ2) is 9.77. The number of H-pyrrole nitrogens is 1. The molecule has 1 aromatic carbocycles. The smallest absolute Gasteiger partial charge is 0.355 e. The van der Waals surface area contributed by atoms with Crippen molar-refractivity contribution in [3.8, 4) is 5.75 Å². The lowest BCUT2D eigenvalue weighted by atomic mass is 10.1. The van der Waals surface area contributed by atoms with Crippen LogP contribution in [0.5, 0.6) is 5.75 Å². The van der Waals surface area contributed by atoms with Gasteiger partial charge in [-0.25, -0.2) is 9.59 Å². The van der Waals surface area contributed by atoms with Crippen LogP contribution < -0.4 is 10.1 Å². The molecule has 0 aliphatic heterocycles. The molecule has 11 heteroatoms. The zero-order valence-corrected chi connectivity index (χ0v) is 18.0. The molecule has 2 heterocycles. The van der Waals surface area contributed by atoms with Crippen molar-refractivity contribution in [2.45, 2.75) is 26.9 Å². The van der Waals surface area contributed by atoms with Crippen LogP contribution in [0.15, 0.2) is 28.8 Å². The van der Waals surface area contributed by atoms with Crippen LogP contribution >= 0.6 is 0 Å². The van der Waals surface area contributed by atoms with Crippen molar-refractivity contribution >= 4 is 23.5 Å². The minimum absolute atomic E-state index is 0.0209. The van der Waals surface area contributed by atoms with Gasteiger partial charge < -0.3 is 29.0 Å². The Bertz CT molecular complexity index is 1150. The highest BCUT2D eigenvalue weighted by Gasteiger charge is 2.24. The molecule has 3 aromatic rings. The highest BCUT2D eigenvalue weighted by Crippen LogP contribution is 2.23. The molecular formula is C21H22N4O7. The van der Waals surface area contributed by atoms with E-state index in [1.54, 1.807) is 38.1 Å². The molecule has 168 valence electrons. The van der Waals surface area contributed by atoms with E-state index in [4.69, 9.17) is 18.7 Å². The van der Waals surface area contributed by atoms with Gasteiger partial charge in [0.1, 0.15) is 11.4 Å². The maximum Gasteiger partial charge on any atom is 0.355 e. The topological polar surface area (TPSA) is 146 Å². The summed E-state index contributed by atoms with van der Waals surface area (Å²) in [6.07, 6.45) is -0.146. The number of benzene rings is 1. The number of carbonyl (C=O) groups excluding carboxylic acids is 3. The summed E-state index contributed by atoms with van der Waals surface area (Å²) in [7, 11) is 2.76. The average Bonchev–Trinajstić information content (AvgIpc) is 3.35. The molecule has 2 N–H and O–H groups in total. The number of aromatic nitrogens is 3. The van der Waals surface area contributed by atoms with E-state index in [-0.39, 0.29) is 41.9 Å². The lowest BCUT2D eigenvalue weighted by Gasteiger charge is -2.08. The normalized spacial score (nSPS) is 10.5. The molecule has 0 saturated carbocycles. The van der Waals surface area contributed by atoms with E-state index in [9.17, 15) is 14.4 Å². The molecule has 0 bridgehead atoms. The first-order chi connectivity index (χ1) is 15.3. The number of hydrogen-bond donors (Lipinski definition) is 2. The van der Waals surface area contributed by atoms with Gasteiger partial charge in [0.15, 0.2) is 12.4 Å². The Balaban J connectivity index is 1.58. The summed E-state index contributed by atoms with van der Waals surface area (Å²) >= 11 is 0. The Kier molecular flexibility index (Phi) is 6.88. The van der Waals surface area contributed by atoms with Crippen molar-refractivity contribution in [1.29, 1.82) is 0 Å². The molecule has 11 nitrogen and oxygen atoms in total. The van der Waals surface area contributed by atoms with Crippen LogP contribution in [-0.4, -0.2) is 47.2 Å². The Morgan fingerprint density at radius 2 is 1.88 bits per heavy atom. The zero-order valence-electron chi connectivity index (χ0n) is 18.0. The van der Waals surface area contributed by atoms with Gasteiger partial charge >= 0.3 is 11.9 Å². The number of amides is 1. The summed E-state index contributed by atoms with van der Waals surface area (Å²) in [5.74, 6) is -0.952. The number of esters is 2. The number of ether oxygens (including phenoxy) is 3. The number of rotatable bonds is 8. The van der Waals surface area contributed by atoms with Crippen molar-refractivity contribution in [2.24, 2.45) is 0 Å². The first-order valence-electron chi connectivity index (χ1n) is 9.53. The van der Waals surface area contributed by atoms with Gasteiger partial charge in [-0.3, -0.25) is 4.79 Å². The van der Waals surface area contributed by atoms with Crippen LogP contribution in [0.2, 0.25) is 0 Å². The van der Waals surface area contributed by atoms with E-state index < -0.39 is 11.9 Å². The minimum Gasteiger partial charge on any atom is -0.495 e. The first-order valence-corrected chi connectivity index (χ1v) is 9.53. The SMILES string of the molecule is COC(=O)c1c(C)[nH]c(C(=O)OCc2nc(CC(=O)Nc3ccccc3OC)no2)c1C. The van der Waals surface area contributed by atoms with Gasteiger partial charge in [-0.2, -0.15) is 4.98 Å². The molecular weight excluding hydrogens is 420 g/mol. The van der Waals surface area contributed by atoms with Gasteiger partial charge in [0.25, 0.3) is 5.89 Å². The van der Waals surface area contributed by atoms with Crippen LogP contribution in [0.25, 0.3) is 0 Å². The van der Waals surface area contributed by atoms with Crippen LogP contribution in [-0.2, 0) is 27.3 Å². The first kappa shape index (κ1) is 22.5. The van der Waals surface area contributed by atoms with Crippen molar-refractivity contribution in [3.63, 3.8) is 0 Å². The van der Waals surface area contributed by atoms with Crippen molar-refractivity contribution in [3.05, 3.63) is 58.5 Å². The van der Waals surface area contributed by atoms with Gasteiger partial charge in [-0.15, -0.1) is 0 Å². The van der Waals surface area contributed by atoms with Crippen molar-refractivity contribution < 1.29 is 33.1 Å². The molecule has 3 rings (SSSR count). The lowest BCUT2D eigenvalue weighted by Crippen LogP contribution is -2.15. The second-order valence-electron chi connectivity index (χ2n) is 6.72. The number of anilines is 1. The van der Waals surface area contributed by atoms with Crippen molar-refractivity contribution in [2.75, 3.05) is 19.5 Å². The van der Waals surface area contributed by atoms with Gasteiger partial charge in [-0.1, -0.05) is 17.3 Å². The molecule has 0 unspecified atom stereocenters. The number of aryl methyl sites for hydroxylation is 1. The van der Waals surface area contributed by atoms with Crippen molar-refractivity contribution in [1.82, 2.24) is 15.1 Å². The molecule has 0 fully saturated rings. The Labute approximate surface area is 183 Å². The van der Waals surface area contributed by atoms with Crippen LogP contribution in [0.4, 0.5) is 5.69 Å². The molecule has 0 aliphatic rings. The maximum absolute atomic E-state index is 12.4. The molecule has 0 aliphatic carbocycles. The van der Waals surface area contributed by atoms with Crippen LogP contribution in [0.3, 0.4) is 0 Å². The third-order valence-electron chi connectivity index (χ3n) is 4.57. The standard InChI is InChI=1S/C21H22N4O7/c1-11-18(20(27)30-4)12(2)22-19(11)21(28)31-10-17-24-15(25-32-17)9-16(26)23-13-7-5-6-8-14(13)29-3/h5-8,22H,9-10H2,1-4H3,(H,23,26). The Morgan fingerprint density at radius 3 is 2.59 bits per heavy atom. The summed E-state index contributed by atoms with van der Waals surface area (Å²) in [6.45, 7) is 2.96. The Morgan fingerprint density at radius 1 is 1.12 bits per heavy atom. The fourth-order valence-electron chi connectivity index (χ4n) is 3.07. The molecule has 0 atom stereocenters. The third kappa shape index (κ3) is 4.94. The fourth-order valence-corrected chi connectivity index (χ4v) is 3.07. The molecule has 1 amide bonds. The molecule has 0 radical (unpaired) electrons. The number of para-hydroxylation sites is 2. The maximum atomic E-state index is 12.4. The monoisotopic (exact) mass is 442 g/mol. The summed E-state index contributed by atoms with van der Waals surface area (Å²) in [5, 5.41) is 6.43. The van der Waals surface area contributed by atoms with E-state index >= 15 is 0 Å². The molecule has 0 spiro atoms. The van der Waals surface area contributed by atoms with Gasteiger partial charge in [0.2, 0.25) is 5.91 Å². The largest absolute Gasteiger partial charge is 0.495 e. The summed E-state index contributed by atoms with van der Waals surface area (Å²) in [5.41, 5.74) is 1.82. The fraction of sp³-hybridized carbons (Fsp3) is 0.286. The van der Waals surface area contributed by atoms with E-state index in [0.717, 1.165) is 0 Å². The quantitative estimate of drug-likeness (QED) is 0.502. The van der Waals surface area contributed by atoms with E-state index in [2.05, 4.69) is 20.4 Å². The number of methoxy groups -OCH3 is 2. The zero-order chi connectivity index (χ0) is 23.3. The number of carbonyl (C=O) groups is 3. The number of nitrogens with one attached hydrogen (secondary N) is 2. The Hall–Kier alpha value is -4.15. The summed E-state index contributed by atoms with van der Waals surface area (Å²) < 4.78 is 20.1. The highest BCUT2D eigenvalue weighted by atomic mass is 16.6. The number of nitrogens with zero attached hydrogens (tertiary/aromatic N) is 2. The predicted octanol–water partition coefficient (Wildman–Crippen LogP) is 2.35. The third-order valence-corrected chi connectivity index (χ3v) is 4.57. The minimum atomic E-state index is -0.700. The average molecular weight is 442 g/mol. The van der Waals surface area contributed by atoms with Gasteiger partial charge in [-0.05, 0) is 31.5 Å². The molecule has 0 saturated heterocycles. The number of hydrogen-bond acceptors (Lipinski definition) is 9.